The number of pyridine rings is 1. The summed E-state index contributed by atoms with van der Waals surface area (Å²) in [6.45, 7) is 2.58. The minimum absolute atomic E-state index is 0.105. The zero-order valence-corrected chi connectivity index (χ0v) is 19.9. The van der Waals surface area contributed by atoms with Gasteiger partial charge in [0.25, 0.3) is 11.6 Å². The van der Waals surface area contributed by atoms with Gasteiger partial charge < -0.3 is 4.57 Å². The lowest BCUT2D eigenvalue weighted by Crippen LogP contribution is -2.17. The van der Waals surface area contributed by atoms with Crippen LogP contribution in [0, 0.1) is 10.1 Å². The fourth-order valence-electron chi connectivity index (χ4n) is 3.16. The number of hydrogen-bond acceptors (Lipinski definition) is 8. The predicted molar refractivity (Wildman–Crippen MR) is 133 cm³/mol. The Labute approximate surface area is 209 Å². The van der Waals surface area contributed by atoms with Crippen molar-refractivity contribution in [2.45, 2.75) is 23.5 Å². The summed E-state index contributed by atoms with van der Waals surface area (Å²) in [5.74, 6) is 0.222. The summed E-state index contributed by atoms with van der Waals surface area (Å²) in [7, 11) is 0. The fraction of sp³-hybridized carbons (Fsp3) is 0.0870. The molecule has 0 saturated carbocycles. The fourth-order valence-corrected chi connectivity index (χ4v) is 4.32. The molecule has 10 nitrogen and oxygen atoms in total. The Morgan fingerprint density at radius 1 is 1.20 bits per heavy atom. The summed E-state index contributed by atoms with van der Waals surface area (Å²) < 4.78 is 1.93. The topological polar surface area (TPSA) is 128 Å². The highest BCUT2D eigenvalue weighted by atomic mass is 35.5. The first-order valence-corrected chi connectivity index (χ1v) is 11.5. The predicted octanol–water partition coefficient (Wildman–Crippen LogP) is 4.84. The number of nitrogens with one attached hydrogen (secondary N) is 1. The van der Waals surface area contributed by atoms with E-state index in [0.717, 1.165) is 5.56 Å². The molecule has 0 atom stereocenters. The molecule has 0 unspecified atom stereocenters. The standard InChI is InChI=1S/C23H18ClN7O3S/c1-2-30-21(15-8-10-25-11-9-15)27-29-23(30)35-20-7-6-19(31(33)34)13-17(20)14-26-28-22(32)16-4-3-5-18(24)12-16/h3-14H,2H2,1H3,(H,28,32)/b26-14-. The maximum atomic E-state index is 12.3. The van der Waals surface area contributed by atoms with Crippen LogP contribution in [0.3, 0.4) is 0 Å². The van der Waals surface area contributed by atoms with Crippen LogP contribution in [-0.4, -0.2) is 36.8 Å². The number of non-ortho nitro benzene ring substituents is 1. The zero-order chi connectivity index (χ0) is 24.8. The Morgan fingerprint density at radius 3 is 2.71 bits per heavy atom. The molecule has 2 aromatic carbocycles. The Morgan fingerprint density at radius 2 is 2.00 bits per heavy atom. The molecule has 0 bridgehead atoms. The molecule has 4 rings (SSSR count). The lowest BCUT2D eigenvalue weighted by atomic mass is 10.2. The van der Waals surface area contributed by atoms with Gasteiger partial charge in [0.2, 0.25) is 0 Å². The first-order valence-electron chi connectivity index (χ1n) is 10.3. The van der Waals surface area contributed by atoms with Crippen LogP contribution < -0.4 is 5.43 Å². The van der Waals surface area contributed by atoms with E-state index >= 15 is 0 Å². The van der Waals surface area contributed by atoms with Crippen LogP contribution in [0.1, 0.15) is 22.8 Å². The zero-order valence-electron chi connectivity index (χ0n) is 18.3. The molecule has 1 amide bonds. The lowest BCUT2D eigenvalue weighted by molar-refractivity contribution is -0.384. The molecule has 12 heteroatoms. The molecule has 2 aromatic heterocycles. The number of benzene rings is 2. The number of nitro groups is 1. The Kier molecular flexibility index (Phi) is 7.48. The van der Waals surface area contributed by atoms with Gasteiger partial charge in [-0.05, 0) is 55.1 Å². The quantitative estimate of drug-likeness (QED) is 0.205. The summed E-state index contributed by atoms with van der Waals surface area (Å²) in [5.41, 5.74) is 3.95. The Balaban J connectivity index is 1.61. The van der Waals surface area contributed by atoms with Crippen molar-refractivity contribution < 1.29 is 9.72 Å². The summed E-state index contributed by atoms with van der Waals surface area (Å²) in [5, 5.41) is 25.0. The van der Waals surface area contributed by atoms with Crippen LogP contribution in [0.25, 0.3) is 11.4 Å². The molecule has 0 radical (unpaired) electrons. The molecule has 176 valence electrons. The number of amides is 1. The second-order valence-corrected chi connectivity index (χ2v) is 8.52. The molecule has 35 heavy (non-hydrogen) atoms. The molecule has 0 aliphatic carbocycles. The average Bonchev–Trinajstić information content (AvgIpc) is 3.27. The normalized spacial score (nSPS) is 11.0. The number of aromatic nitrogens is 4. The highest BCUT2D eigenvalue weighted by Gasteiger charge is 2.17. The van der Waals surface area contributed by atoms with Crippen LogP contribution in [-0.2, 0) is 6.54 Å². The monoisotopic (exact) mass is 507 g/mol. The number of carbonyl (C=O) groups excluding carboxylic acids is 1. The van der Waals surface area contributed by atoms with Gasteiger partial charge in [0.1, 0.15) is 0 Å². The van der Waals surface area contributed by atoms with E-state index in [1.165, 1.54) is 36.2 Å². The summed E-state index contributed by atoms with van der Waals surface area (Å²) in [6.07, 6.45) is 4.72. The molecule has 0 aliphatic rings. The molecule has 0 saturated heterocycles. The smallest absolute Gasteiger partial charge is 0.271 e. The summed E-state index contributed by atoms with van der Waals surface area (Å²) in [6, 6.07) is 14.5. The van der Waals surface area contributed by atoms with E-state index in [0.29, 0.717) is 38.6 Å². The first kappa shape index (κ1) is 24.0. The molecular formula is C23H18ClN7O3S. The number of nitrogens with zero attached hydrogens (tertiary/aromatic N) is 6. The van der Waals surface area contributed by atoms with Gasteiger partial charge in [-0.3, -0.25) is 19.9 Å². The molecular weight excluding hydrogens is 490 g/mol. The van der Waals surface area contributed by atoms with Crippen molar-refractivity contribution in [3.8, 4) is 11.4 Å². The number of halogens is 1. The van der Waals surface area contributed by atoms with Crippen molar-refractivity contribution in [1.82, 2.24) is 25.2 Å². The van der Waals surface area contributed by atoms with Crippen molar-refractivity contribution in [2.75, 3.05) is 0 Å². The van der Waals surface area contributed by atoms with Gasteiger partial charge in [-0.25, -0.2) is 5.43 Å². The number of carbonyl (C=O) groups is 1. The van der Waals surface area contributed by atoms with Crippen molar-refractivity contribution >= 4 is 41.2 Å². The van der Waals surface area contributed by atoms with E-state index in [1.807, 2.05) is 23.6 Å². The molecule has 0 spiro atoms. The van der Waals surface area contributed by atoms with Crippen LogP contribution in [0.2, 0.25) is 5.02 Å². The maximum absolute atomic E-state index is 12.3. The molecule has 1 N–H and O–H groups in total. The summed E-state index contributed by atoms with van der Waals surface area (Å²) >= 11 is 7.22. The van der Waals surface area contributed by atoms with Gasteiger partial charge in [0, 0.05) is 57.7 Å². The number of hydrazone groups is 1. The minimum Gasteiger partial charge on any atom is -0.302 e. The second kappa shape index (κ2) is 10.9. The number of hydrogen-bond donors (Lipinski definition) is 1. The first-order chi connectivity index (χ1) is 17.0. The molecule has 0 aliphatic heterocycles. The Hall–Kier alpha value is -4.09. The third-order valence-electron chi connectivity index (χ3n) is 4.83. The van der Waals surface area contributed by atoms with Gasteiger partial charge in [-0.1, -0.05) is 17.7 Å². The van der Waals surface area contributed by atoms with Gasteiger partial charge in [0.05, 0.1) is 11.1 Å². The van der Waals surface area contributed by atoms with Crippen LogP contribution in [0.15, 0.2) is 82.1 Å². The Bertz CT molecular complexity index is 1410. The van der Waals surface area contributed by atoms with Gasteiger partial charge >= 0.3 is 0 Å². The van der Waals surface area contributed by atoms with E-state index in [1.54, 1.807) is 36.7 Å². The molecule has 2 heterocycles. The van der Waals surface area contributed by atoms with Crippen molar-refractivity contribution in [1.29, 1.82) is 0 Å². The number of nitro benzene ring substituents is 1. The average molecular weight is 508 g/mol. The second-order valence-electron chi connectivity index (χ2n) is 7.08. The lowest BCUT2D eigenvalue weighted by Gasteiger charge is -2.09. The third kappa shape index (κ3) is 5.70. The van der Waals surface area contributed by atoms with Gasteiger partial charge in [-0.2, -0.15) is 5.10 Å². The number of rotatable bonds is 8. The van der Waals surface area contributed by atoms with Gasteiger partial charge in [0.15, 0.2) is 11.0 Å². The van der Waals surface area contributed by atoms with E-state index in [-0.39, 0.29) is 5.69 Å². The third-order valence-corrected chi connectivity index (χ3v) is 6.14. The van der Waals surface area contributed by atoms with Crippen molar-refractivity contribution in [3.63, 3.8) is 0 Å². The van der Waals surface area contributed by atoms with E-state index in [4.69, 9.17) is 11.6 Å². The molecule has 0 fully saturated rings. The highest BCUT2D eigenvalue weighted by molar-refractivity contribution is 7.99. The van der Waals surface area contributed by atoms with Crippen molar-refractivity contribution in [3.05, 3.63) is 93.3 Å². The van der Waals surface area contributed by atoms with Crippen LogP contribution >= 0.6 is 23.4 Å². The van der Waals surface area contributed by atoms with E-state index in [9.17, 15) is 14.9 Å². The summed E-state index contributed by atoms with van der Waals surface area (Å²) in [4.78, 5) is 27.8. The largest absolute Gasteiger partial charge is 0.302 e. The van der Waals surface area contributed by atoms with E-state index in [2.05, 4.69) is 25.7 Å². The van der Waals surface area contributed by atoms with Crippen molar-refractivity contribution in [2.24, 2.45) is 5.10 Å². The minimum atomic E-state index is -0.494. The molecule has 4 aromatic rings. The van der Waals surface area contributed by atoms with Crippen LogP contribution in [0.4, 0.5) is 5.69 Å². The maximum Gasteiger partial charge on any atom is 0.271 e. The van der Waals surface area contributed by atoms with E-state index < -0.39 is 10.8 Å². The van der Waals surface area contributed by atoms with Gasteiger partial charge in [-0.15, -0.1) is 10.2 Å². The highest BCUT2D eigenvalue weighted by Crippen LogP contribution is 2.33. The SMILES string of the molecule is CCn1c(Sc2ccc([N+](=O)[O-])cc2/C=N\NC(=O)c2cccc(Cl)c2)nnc1-c1ccncc1. The van der Waals surface area contributed by atoms with Crippen LogP contribution in [0.5, 0.6) is 0 Å².